The van der Waals surface area contributed by atoms with E-state index in [-0.39, 0.29) is 54.8 Å². The monoisotopic (exact) mass is 400 g/mol. The van der Waals surface area contributed by atoms with Gasteiger partial charge in [-0.15, -0.1) is 0 Å². The van der Waals surface area contributed by atoms with E-state index in [9.17, 15) is 20.1 Å². The van der Waals surface area contributed by atoms with E-state index < -0.39 is 5.97 Å². The predicted octanol–water partition coefficient (Wildman–Crippen LogP) is 5.17. The van der Waals surface area contributed by atoms with Gasteiger partial charge in [-0.3, -0.25) is 0 Å². The molecule has 27 heavy (non-hydrogen) atoms. The van der Waals surface area contributed by atoms with Crippen molar-refractivity contribution in [3.8, 4) is 11.5 Å². The zero-order valence-electron chi connectivity index (χ0n) is 17.4. The first-order valence-corrected chi connectivity index (χ1v) is 9.29. The molecule has 5 heteroatoms. The first kappa shape index (κ1) is 26.0. The number of aromatic hydroxyl groups is 2. The molecule has 0 aliphatic carbocycles. The van der Waals surface area contributed by atoms with Crippen LogP contribution in [-0.2, 0) is 19.3 Å². The van der Waals surface area contributed by atoms with Crippen molar-refractivity contribution in [1.82, 2.24) is 0 Å². The second-order valence-corrected chi connectivity index (χ2v) is 7.24. The summed E-state index contributed by atoms with van der Waals surface area (Å²) in [5, 5.41) is 31.2. The van der Waals surface area contributed by atoms with Crippen LogP contribution in [0.15, 0.2) is 23.3 Å². The van der Waals surface area contributed by atoms with Crippen LogP contribution in [0, 0.1) is 0 Å². The summed E-state index contributed by atoms with van der Waals surface area (Å²) in [5.41, 5.74) is 3.54. The molecule has 4 nitrogen and oxygen atoms in total. The van der Waals surface area contributed by atoms with Crippen LogP contribution in [0.5, 0.6) is 11.5 Å². The smallest absolute Gasteiger partial charge is 0.507 e. The van der Waals surface area contributed by atoms with Crippen LogP contribution in [0.1, 0.15) is 80.9 Å². The molecule has 0 heterocycles. The maximum Gasteiger partial charge on any atom is 2.00 e. The summed E-state index contributed by atoms with van der Waals surface area (Å²) in [4.78, 5) is 11.9. The second-order valence-electron chi connectivity index (χ2n) is 7.24. The molecule has 0 spiro atoms. The van der Waals surface area contributed by atoms with Crippen molar-refractivity contribution >= 4 is 43.7 Å². The van der Waals surface area contributed by atoms with Gasteiger partial charge in [-0.2, -0.15) is 0 Å². The number of benzene rings is 1. The van der Waals surface area contributed by atoms with E-state index in [0.29, 0.717) is 36.0 Å². The standard InChI is InChI=1S/C22H32O4.Ca/c1-6-7-8-9-16-17(12-10-14(2)3)20(23)18(13-11-15(4)5)21(24)19(16)22(25)26;/h10-11,23-24H,6-9,12-13H2,1-5H3,(H,25,26);/q;+2. The molecule has 0 unspecified atom stereocenters. The minimum atomic E-state index is -1.15. The summed E-state index contributed by atoms with van der Waals surface area (Å²) in [7, 11) is 0. The molecular weight excluding hydrogens is 368 g/mol. The number of aromatic carboxylic acids is 1. The van der Waals surface area contributed by atoms with Crippen LogP contribution in [0.4, 0.5) is 0 Å². The van der Waals surface area contributed by atoms with Crippen molar-refractivity contribution in [3.63, 3.8) is 0 Å². The first-order valence-electron chi connectivity index (χ1n) is 9.29. The van der Waals surface area contributed by atoms with Gasteiger partial charge in [0.1, 0.15) is 17.1 Å². The second kappa shape index (κ2) is 12.5. The number of carbonyl (C=O) groups is 1. The SMILES string of the molecule is CCCCCc1c(CC=C(C)C)c(O)c(CC=C(C)C)c(O)c1C(=O)O.[Ca+2]. The molecule has 0 bridgehead atoms. The van der Waals surface area contributed by atoms with E-state index in [2.05, 4.69) is 6.92 Å². The minimum absolute atomic E-state index is 0. The van der Waals surface area contributed by atoms with Gasteiger partial charge >= 0.3 is 43.7 Å². The Hall–Kier alpha value is -0.970. The Morgan fingerprint density at radius 1 is 0.852 bits per heavy atom. The summed E-state index contributed by atoms with van der Waals surface area (Å²) in [5.74, 6) is -1.43. The average molecular weight is 401 g/mol. The third-order valence-electron chi connectivity index (χ3n) is 4.43. The Balaban J connectivity index is 0.00000676. The fourth-order valence-corrected chi connectivity index (χ4v) is 2.97. The van der Waals surface area contributed by atoms with Gasteiger partial charge in [0, 0.05) is 11.1 Å². The fraction of sp³-hybridized carbons (Fsp3) is 0.500. The molecule has 3 N–H and O–H groups in total. The van der Waals surface area contributed by atoms with Crippen molar-refractivity contribution < 1.29 is 20.1 Å². The summed E-state index contributed by atoms with van der Waals surface area (Å²) in [6, 6.07) is 0. The van der Waals surface area contributed by atoms with Crippen LogP contribution < -0.4 is 0 Å². The number of unbranched alkanes of at least 4 members (excludes halogenated alkanes) is 2. The number of hydrogen-bond donors (Lipinski definition) is 3. The Kier molecular flexibility index (Phi) is 12.0. The van der Waals surface area contributed by atoms with Gasteiger partial charge in [-0.05, 0) is 58.9 Å². The molecule has 0 aromatic heterocycles. The normalized spacial score (nSPS) is 10.1. The Bertz CT molecular complexity index is 710. The number of phenols is 2. The number of allylic oxidation sites excluding steroid dienone is 4. The number of carboxylic acids is 1. The van der Waals surface area contributed by atoms with Crippen molar-refractivity contribution in [2.75, 3.05) is 0 Å². The quantitative estimate of drug-likeness (QED) is 0.304. The molecule has 0 atom stereocenters. The van der Waals surface area contributed by atoms with E-state index in [0.717, 1.165) is 30.4 Å². The molecule has 1 aromatic rings. The Morgan fingerprint density at radius 3 is 1.81 bits per heavy atom. The maximum absolute atomic E-state index is 11.9. The molecule has 0 saturated heterocycles. The number of hydrogen-bond acceptors (Lipinski definition) is 3. The molecular formula is C22H32CaO4+2. The summed E-state index contributed by atoms with van der Waals surface area (Å²) in [6.45, 7) is 9.87. The molecule has 0 saturated carbocycles. The van der Waals surface area contributed by atoms with Crippen LogP contribution in [0.25, 0.3) is 0 Å². The summed E-state index contributed by atoms with van der Waals surface area (Å²) < 4.78 is 0. The van der Waals surface area contributed by atoms with Gasteiger partial charge in [0.2, 0.25) is 0 Å². The predicted molar refractivity (Wildman–Crippen MR) is 112 cm³/mol. The van der Waals surface area contributed by atoms with E-state index in [1.807, 2.05) is 39.8 Å². The van der Waals surface area contributed by atoms with Gasteiger partial charge in [0.25, 0.3) is 0 Å². The van der Waals surface area contributed by atoms with Gasteiger partial charge in [0.05, 0.1) is 0 Å². The third-order valence-corrected chi connectivity index (χ3v) is 4.43. The number of rotatable bonds is 9. The minimum Gasteiger partial charge on any atom is -0.507 e. The van der Waals surface area contributed by atoms with Crippen molar-refractivity contribution in [2.24, 2.45) is 0 Å². The van der Waals surface area contributed by atoms with E-state index in [1.165, 1.54) is 0 Å². The average Bonchev–Trinajstić information content (AvgIpc) is 2.53. The van der Waals surface area contributed by atoms with Gasteiger partial charge in [-0.1, -0.05) is 43.1 Å². The number of phenolic OH excluding ortho intramolecular Hbond substituents is 1. The molecule has 1 aromatic carbocycles. The Labute approximate surface area is 193 Å². The molecule has 0 amide bonds. The fourth-order valence-electron chi connectivity index (χ4n) is 2.97. The zero-order valence-corrected chi connectivity index (χ0v) is 19.6. The third kappa shape index (κ3) is 7.51. The molecule has 1 rings (SSSR count). The van der Waals surface area contributed by atoms with E-state index in [1.54, 1.807) is 0 Å². The van der Waals surface area contributed by atoms with Crippen LogP contribution in [0.2, 0.25) is 0 Å². The van der Waals surface area contributed by atoms with Crippen LogP contribution in [-0.4, -0.2) is 59.0 Å². The largest absolute Gasteiger partial charge is 2.00 e. The molecule has 0 radical (unpaired) electrons. The molecule has 144 valence electrons. The van der Waals surface area contributed by atoms with Crippen molar-refractivity contribution in [2.45, 2.75) is 73.1 Å². The topological polar surface area (TPSA) is 77.8 Å². The first-order chi connectivity index (χ1) is 12.2. The molecule has 0 aliphatic heterocycles. The molecule has 0 fully saturated rings. The summed E-state index contributed by atoms with van der Waals surface area (Å²) >= 11 is 0. The number of carboxylic acid groups (broad SMARTS) is 1. The van der Waals surface area contributed by atoms with Gasteiger partial charge < -0.3 is 15.3 Å². The zero-order chi connectivity index (χ0) is 19.9. The van der Waals surface area contributed by atoms with E-state index >= 15 is 0 Å². The van der Waals surface area contributed by atoms with Crippen LogP contribution in [0.3, 0.4) is 0 Å². The van der Waals surface area contributed by atoms with Gasteiger partial charge in [-0.25, -0.2) is 4.79 Å². The van der Waals surface area contributed by atoms with Crippen molar-refractivity contribution in [3.05, 3.63) is 45.6 Å². The van der Waals surface area contributed by atoms with Crippen molar-refractivity contribution in [1.29, 1.82) is 0 Å². The Morgan fingerprint density at radius 2 is 1.37 bits per heavy atom. The van der Waals surface area contributed by atoms with Crippen LogP contribution >= 0.6 is 0 Å². The maximum atomic E-state index is 11.9. The van der Waals surface area contributed by atoms with Gasteiger partial charge in [0.15, 0.2) is 0 Å². The van der Waals surface area contributed by atoms with E-state index in [4.69, 9.17) is 0 Å². The summed E-state index contributed by atoms with van der Waals surface area (Å²) in [6.07, 6.45) is 7.96. The molecule has 0 aliphatic rings.